The second-order valence-corrected chi connectivity index (χ2v) is 7.33. The Labute approximate surface area is 171 Å². The van der Waals surface area contributed by atoms with E-state index in [1.54, 1.807) is 18.2 Å². The summed E-state index contributed by atoms with van der Waals surface area (Å²) in [7, 11) is 1.49. The first-order chi connectivity index (χ1) is 13.4. The first-order valence-corrected chi connectivity index (χ1v) is 9.69. The lowest BCUT2D eigenvalue weighted by Crippen LogP contribution is -2.39. The van der Waals surface area contributed by atoms with Crippen LogP contribution >= 0.6 is 22.9 Å². The summed E-state index contributed by atoms with van der Waals surface area (Å²) in [6.07, 6.45) is -0.754. The Morgan fingerprint density at radius 2 is 2.07 bits per heavy atom. The van der Waals surface area contributed by atoms with Crippen molar-refractivity contribution in [2.75, 3.05) is 20.2 Å². The number of aliphatic imine (C=N–C) groups is 1. The molecular weight excluding hydrogens is 412 g/mol. The summed E-state index contributed by atoms with van der Waals surface area (Å²) in [6, 6.07) is 8.02. The van der Waals surface area contributed by atoms with Crippen LogP contribution in [-0.4, -0.2) is 37.9 Å². The number of aliphatic hydroxyl groups is 1. The molecule has 2 rings (SSSR count). The molecule has 0 radical (unpaired) electrons. The van der Waals surface area contributed by atoms with Crippen molar-refractivity contribution in [3.8, 4) is 11.5 Å². The molecule has 6 nitrogen and oxygen atoms in total. The van der Waals surface area contributed by atoms with Crippen molar-refractivity contribution in [3.05, 3.63) is 45.1 Å². The number of thiophene rings is 1. The second kappa shape index (κ2) is 11.0. The molecule has 0 aliphatic carbocycles. The molecule has 1 unspecified atom stereocenters. The predicted molar refractivity (Wildman–Crippen MR) is 107 cm³/mol. The predicted octanol–water partition coefficient (Wildman–Crippen LogP) is 3.80. The number of hydrogen-bond acceptors (Lipinski definition) is 5. The summed E-state index contributed by atoms with van der Waals surface area (Å²) in [5.41, 5.74) is 0.447. The highest BCUT2D eigenvalue weighted by molar-refractivity contribution is 7.16. The van der Waals surface area contributed by atoms with Gasteiger partial charge in [-0.3, -0.25) is 0 Å². The first-order valence-electron chi connectivity index (χ1n) is 8.50. The zero-order valence-electron chi connectivity index (χ0n) is 15.4. The quantitative estimate of drug-likeness (QED) is 0.414. The Kier molecular flexibility index (Phi) is 8.75. The molecule has 0 saturated heterocycles. The van der Waals surface area contributed by atoms with E-state index in [0.717, 1.165) is 4.88 Å². The van der Waals surface area contributed by atoms with E-state index >= 15 is 0 Å². The largest absolute Gasteiger partial charge is 0.497 e. The van der Waals surface area contributed by atoms with E-state index in [1.165, 1.54) is 30.6 Å². The Morgan fingerprint density at radius 3 is 2.68 bits per heavy atom. The fourth-order valence-corrected chi connectivity index (χ4v) is 3.37. The molecule has 1 atom stereocenters. The van der Waals surface area contributed by atoms with Crippen molar-refractivity contribution in [1.29, 1.82) is 0 Å². The molecule has 0 fully saturated rings. The summed E-state index contributed by atoms with van der Waals surface area (Å²) in [5.74, 6) is 0.966. The van der Waals surface area contributed by atoms with Crippen molar-refractivity contribution in [1.82, 2.24) is 10.6 Å². The van der Waals surface area contributed by atoms with Crippen LogP contribution in [0.3, 0.4) is 0 Å². The van der Waals surface area contributed by atoms with Gasteiger partial charge >= 0.3 is 6.61 Å². The third-order valence-electron chi connectivity index (χ3n) is 3.62. The molecule has 1 heterocycles. The van der Waals surface area contributed by atoms with Crippen molar-refractivity contribution in [2.45, 2.75) is 26.2 Å². The van der Waals surface area contributed by atoms with Crippen LogP contribution in [0.25, 0.3) is 0 Å². The number of nitrogens with zero attached hydrogens (tertiary/aromatic N) is 1. The van der Waals surface area contributed by atoms with Crippen LogP contribution in [-0.2, 0) is 6.54 Å². The molecule has 0 amide bonds. The average Bonchev–Trinajstić information content (AvgIpc) is 3.10. The van der Waals surface area contributed by atoms with Crippen LogP contribution < -0.4 is 20.1 Å². The van der Waals surface area contributed by atoms with E-state index < -0.39 is 12.7 Å². The highest BCUT2D eigenvalue weighted by Gasteiger charge is 2.13. The van der Waals surface area contributed by atoms with E-state index in [-0.39, 0.29) is 18.8 Å². The molecule has 0 spiro atoms. The van der Waals surface area contributed by atoms with Crippen LogP contribution in [0.4, 0.5) is 8.78 Å². The van der Waals surface area contributed by atoms with Gasteiger partial charge in [0.05, 0.1) is 18.0 Å². The van der Waals surface area contributed by atoms with Gasteiger partial charge in [-0.05, 0) is 37.3 Å². The number of nitrogens with one attached hydrogen (secondary N) is 2. The fourth-order valence-electron chi connectivity index (χ4n) is 2.32. The lowest BCUT2D eigenvalue weighted by atomic mass is 10.2. The standard InChI is InChI=1S/C18H22ClF2N3O3S/c1-3-22-18(24-10-13(25)15-6-7-16(19)28-15)23-9-11-8-12(26-2)4-5-14(11)27-17(20)21/h4-8,13,17,25H,3,9-10H2,1-2H3,(H2,22,23,24). The average molecular weight is 434 g/mol. The maximum Gasteiger partial charge on any atom is 0.387 e. The van der Waals surface area contributed by atoms with Crippen LogP contribution in [0.1, 0.15) is 23.5 Å². The van der Waals surface area contributed by atoms with Crippen molar-refractivity contribution < 1.29 is 23.4 Å². The molecule has 1 aromatic carbocycles. The van der Waals surface area contributed by atoms with Crippen LogP contribution in [0.2, 0.25) is 4.34 Å². The van der Waals surface area contributed by atoms with Gasteiger partial charge in [-0.15, -0.1) is 11.3 Å². The fraction of sp³-hybridized carbons (Fsp3) is 0.389. The van der Waals surface area contributed by atoms with Crippen LogP contribution in [0, 0.1) is 0 Å². The summed E-state index contributed by atoms with van der Waals surface area (Å²) in [4.78, 5) is 5.11. The number of hydrogen-bond donors (Lipinski definition) is 3. The van der Waals surface area contributed by atoms with Gasteiger partial charge in [-0.2, -0.15) is 8.78 Å². The minimum atomic E-state index is -2.93. The summed E-state index contributed by atoms with van der Waals surface area (Å²) < 4.78 is 35.5. The third-order valence-corrected chi connectivity index (χ3v) is 4.95. The minimum Gasteiger partial charge on any atom is -0.497 e. The molecule has 0 saturated carbocycles. The van der Waals surface area contributed by atoms with E-state index in [4.69, 9.17) is 16.3 Å². The topological polar surface area (TPSA) is 75.1 Å². The van der Waals surface area contributed by atoms with Gasteiger partial charge in [0.25, 0.3) is 0 Å². The monoisotopic (exact) mass is 433 g/mol. The number of methoxy groups -OCH3 is 1. The Morgan fingerprint density at radius 1 is 1.29 bits per heavy atom. The molecule has 0 aliphatic rings. The molecule has 0 aliphatic heterocycles. The highest BCUT2D eigenvalue weighted by Crippen LogP contribution is 2.27. The number of rotatable bonds is 9. The normalized spacial score (nSPS) is 12.8. The van der Waals surface area contributed by atoms with E-state index in [1.807, 2.05) is 6.92 Å². The molecule has 1 aromatic heterocycles. The first kappa shape index (κ1) is 22.2. The molecule has 10 heteroatoms. The van der Waals surface area contributed by atoms with Gasteiger partial charge < -0.3 is 25.2 Å². The number of benzene rings is 1. The molecule has 0 bridgehead atoms. The van der Waals surface area contributed by atoms with Crippen molar-refractivity contribution in [2.24, 2.45) is 4.99 Å². The number of guanidine groups is 1. The van der Waals surface area contributed by atoms with E-state index in [2.05, 4.69) is 20.4 Å². The van der Waals surface area contributed by atoms with Gasteiger partial charge in [0, 0.05) is 23.5 Å². The number of ether oxygens (including phenoxy) is 2. The summed E-state index contributed by atoms with van der Waals surface area (Å²) in [6.45, 7) is -0.166. The number of alkyl halides is 2. The zero-order valence-corrected chi connectivity index (χ0v) is 17.0. The molecular formula is C18H22ClF2N3O3S. The molecule has 28 heavy (non-hydrogen) atoms. The minimum absolute atomic E-state index is 0.0312. The van der Waals surface area contributed by atoms with Crippen LogP contribution in [0.15, 0.2) is 35.3 Å². The SMILES string of the molecule is CCNC(=NCc1cc(OC)ccc1OC(F)F)NCC(O)c1ccc(Cl)s1. The lowest BCUT2D eigenvalue weighted by molar-refractivity contribution is -0.0504. The van der Waals surface area contributed by atoms with Gasteiger partial charge in [0.15, 0.2) is 5.96 Å². The number of aliphatic hydroxyl groups excluding tert-OH is 1. The van der Waals surface area contributed by atoms with E-state index in [9.17, 15) is 13.9 Å². The Hall–Kier alpha value is -2.10. The van der Waals surface area contributed by atoms with Gasteiger partial charge in [0.1, 0.15) is 17.6 Å². The molecule has 154 valence electrons. The smallest absolute Gasteiger partial charge is 0.387 e. The summed E-state index contributed by atoms with van der Waals surface area (Å²) >= 11 is 7.18. The number of halogens is 3. The Balaban J connectivity index is 2.08. The maximum atomic E-state index is 12.6. The molecule has 3 N–H and O–H groups in total. The van der Waals surface area contributed by atoms with Crippen LogP contribution in [0.5, 0.6) is 11.5 Å². The zero-order chi connectivity index (χ0) is 20.5. The van der Waals surface area contributed by atoms with Gasteiger partial charge in [-0.1, -0.05) is 11.6 Å². The van der Waals surface area contributed by atoms with Crippen molar-refractivity contribution in [3.63, 3.8) is 0 Å². The van der Waals surface area contributed by atoms with E-state index in [0.29, 0.717) is 28.2 Å². The Bertz CT molecular complexity index is 789. The molecule has 2 aromatic rings. The third kappa shape index (κ3) is 6.81. The maximum absolute atomic E-state index is 12.6. The van der Waals surface area contributed by atoms with Gasteiger partial charge in [-0.25, -0.2) is 4.99 Å². The highest BCUT2D eigenvalue weighted by atomic mass is 35.5. The van der Waals surface area contributed by atoms with Gasteiger partial charge in [0.2, 0.25) is 0 Å². The summed E-state index contributed by atoms with van der Waals surface area (Å²) in [5, 5.41) is 16.3. The lowest BCUT2D eigenvalue weighted by Gasteiger charge is -2.15. The van der Waals surface area contributed by atoms with Crippen molar-refractivity contribution >= 4 is 28.9 Å². The second-order valence-electron chi connectivity index (χ2n) is 5.59.